The third-order valence-corrected chi connectivity index (χ3v) is 1.31. The Morgan fingerprint density at radius 2 is 1.00 bits per heavy atom. The number of rotatable bonds is 2. The van der Waals surface area contributed by atoms with Gasteiger partial charge < -0.3 is 0 Å². The van der Waals surface area contributed by atoms with Crippen LogP contribution in [0, 0.1) is 0 Å². The molecule has 0 saturated heterocycles. The van der Waals surface area contributed by atoms with Gasteiger partial charge in [0.1, 0.15) is 0 Å². The molecule has 0 heterocycles. The predicted molar refractivity (Wildman–Crippen MR) is 55.5 cm³/mol. The fourth-order valence-corrected chi connectivity index (χ4v) is 0.692. The molecule has 0 spiro atoms. The molecule has 0 aliphatic heterocycles. The van der Waals surface area contributed by atoms with Crippen molar-refractivity contribution in [2.45, 2.75) is 0 Å². The molecule has 0 amide bonds. The molecule has 0 fully saturated rings. The number of halogens is 2. The molecule has 0 aromatic rings. The monoisotopic (exact) mass is 332 g/mol. The molecular formula is C6H6I2. The van der Waals surface area contributed by atoms with E-state index in [9.17, 15) is 0 Å². The molecule has 0 bridgehead atoms. The van der Waals surface area contributed by atoms with Crippen molar-refractivity contribution in [3.05, 3.63) is 32.5 Å². The van der Waals surface area contributed by atoms with Crippen LogP contribution in [0.1, 0.15) is 0 Å². The zero-order valence-corrected chi connectivity index (χ0v) is 8.54. The minimum atomic E-state index is 1.97. The van der Waals surface area contributed by atoms with E-state index < -0.39 is 0 Å². The van der Waals surface area contributed by atoms with Crippen LogP contribution >= 0.6 is 45.2 Å². The van der Waals surface area contributed by atoms with Crippen LogP contribution in [0.15, 0.2) is 32.5 Å². The van der Waals surface area contributed by atoms with Gasteiger partial charge in [-0.3, -0.25) is 0 Å². The fourth-order valence-electron chi connectivity index (χ4n) is 0.212. The molecular weight excluding hydrogens is 326 g/mol. The zero-order chi connectivity index (χ0) is 6.24. The predicted octanol–water partition coefficient (Wildman–Crippen LogP) is 3.44. The molecule has 44 valence electrons. The molecule has 0 nitrogen and oxygen atoms in total. The molecule has 0 radical (unpaired) electrons. The lowest BCUT2D eigenvalue weighted by Gasteiger charge is -1.66. The van der Waals surface area contributed by atoms with Gasteiger partial charge in [-0.1, -0.05) is 69.5 Å². The Balaban J connectivity index is 3.35. The highest BCUT2D eigenvalue weighted by Gasteiger charge is 1.56. The summed E-state index contributed by atoms with van der Waals surface area (Å²) in [5.41, 5.74) is 0. The van der Waals surface area contributed by atoms with Crippen LogP contribution in [0.25, 0.3) is 0 Å². The highest BCUT2D eigenvalue weighted by molar-refractivity contribution is 14.1. The Morgan fingerprint density at radius 3 is 1.25 bits per heavy atom. The van der Waals surface area contributed by atoms with Crippen molar-refractivity contribution in [2.75, 3.05) is 0 Å². The molecule has 0 rings (SSSR count). The lowest BCUT2D eigenvalue weighted by atomic mass is 10.5. The molecule has 0 aliphatic carbocycles. The Labute approximate surface area is 77.0 Å². The molecule has 0 aromatic heterocycles. The molecule has 0 aromatic carbocycles. The molecule has 0 atom stereocenters. The second-order valence-corrected chi connectivity index (χ2v) is 2.46. The van der Waals surface area contributed by atoms with Crippen LogP contribution in [-0.2, 0) is 0 Å². The van der Waals surface area contributed by atoms with Crippen LogP contribution in [0.4, 0.5) is 0 Å². The van der Waals surface area contributed by atoms with Gasteiger partial charge in [-0.15, -0.1) is 0 Å². The smallest absolute Gasteiger partial charge is 0.0234 e. The first-order chi connectivity index (χ1) is 3.91. The van der Waals surface area contributed by atoms with Crippen LogP contribution in [-0.4, -0.2) is 0 Å². The van der Waals surface area contributed by atoms with Gasteiger partial charge in [0.05, 0.1) is 0 Å². The topological polar surface area (TPSA) is 0 Å². The molecule has 2 heteroatoms. The second-order valence-electron chi connectivity index (χ2n) is 1.02. The lowest BCUT2D eigenvalue weighted by Crippen LogP contribution is -1.42. The standard InChI is InChI=1S/C6H6I2/c7-5-3-1-2-4-6-8/h1-6H. The van der Waals surface area contributed by atoms with E-state index in [1.165, 1.54) is 0 Å². The SMILES string of the molecule is IC=CC=CC=CI. The van der Waals surface area contributed by atoms with Crippen molar-refractivity contribution in [1.29, 1.82) is 0 Å². The fraction of sp³-hybridized carbons (Fsp3) is 0. The van der Waals surface area contributed by atoms with Gasteiger partial charge in [0, 0.05) is 0 Å². The van der Waals surface area contributed by atoms with Crippen molar-refractivity contribution in [3.8, 4) is 0 Å². The van der Waals surface area contributed by atoms with E-state index in [0.29, 0.717) is 0 Å². The summed E-state index contributed by atoms with van der Waals surface area (Å²) in [6, 6.07) is 0. The molecule has 8 heavy (non-hydrogen) atoms. The normalized spacial score (nSPS) is 12.8. The Hall–Kier alpha value is 0.680. The van der Waals surface area contributed by atoms with Crippen molar-refractivity contribution in [1.82, 2.24) is 0 Å². The second kappa shape index (κ2) is 7.68. The van der Waals surface area contributed by atoms with Crippen LogP contribution < -0.4 is 0 Å². The number of hydrogen-bond donors (Lipinski definition) is 0. The number of hydrogen-bond acceptors (Lipinski definition) is 0. The third kappa shape index (κ3) is 6.68. The van der Waals surface area contributed by atoms with Crippen molar-refractivity contribution in [2.24, 2.45) is 0 Å². The van der Waals surface area contributed by atoms with Gasteiger partial charge in [-0.05, 0) is 8.17 Å². The summed E-state index contributed by atoms with van der Waals surface area (Å²) in [5.74, 6) is 0. The van der Waals surface area contributed by atoms with Crippen LogP contribution in [0.5, 0.6) is 0 Å². The summed E-state index contributed by atoms with van der Waals surface area (Å²) in [6.07, 6.45) is 7.94. The van der Waals surface area contributed by atoms with Crippen molar-refractivity contribution < 1.29 is 0 Å². The zero-order valence-electron chi connectivity index (χ0n) is 4.22. The summed E-state index contributed by atoms with van der Waals surface area (Å²) in [7, 11) is 0. The maximum Gasteiger partial charge on any atom is -0.0234 e. The Bertz CT molecular complexity index is 97.7. The van der Waals surface area contributed by atoms with Gasteiger partial charge >= 0.3 is 0 Å². The largest absolute Gasteiger partial charge is 0.0618 e. The first-order valence-electron chi connectivity index (χ1n) is 2.10. The first kappa shape index (κ1) is 8.68. The summed E-state index contributed by atoms with van der Waals surface area (Å²) in [6.45, 7) is 0. The van der Waals surface area contributed by atoms with E-state index in [2.05, 4.69) is 45.2 Å². The van der Waals surface area contributed by atoms with E-state index in [1.54, 1.807) is 0 Å². The van der Waals surface area contributed by atoms with Crippen LogP contribution in [0.2, 0.25) is 0 Å². The minimum absolute atomic E-state index is 1.97. The third-order valence-electron chi connectivity index (χ3n) is 0.479. The molecule has 0 saturated carbocycles. The summed E-state index contributed by atoms with van der Waals surface area (Å²) < 4.78 is 3.94. The average Bonchev–Trinajstić information content (AvgIpc) is 1.81. The van der Waals surface area contributed by atoms with E-state index >= 15 is 0 Å². The highest BCUT2D eigenvalue weighted by atomic mass is 127. The quantitative estimate of drug-likeness (QED) is 0.537. The summed E-state index contributed by atoms with van der Waals surface area (Å²) in [4.78, 5) is 0. The lowest BCUT2D eigenvalue weighted by molar-refractivity contribution is 1.97. The van der Waals surface area contributed by atoms with Crippen molar-refractivity contribution >= 4 is 45.2 Å². The van der Waals surface area contributed by atoms with E-state index in [4.69, 9.17) is 0 Å². The average molecular weight is 332 g/mol. The molecule has 0 aliphatic rings. The van der Waals surface area contributed by atoms with E-state index in [0.717, 1.165) is 0 Å². The van der Waals surface area contributed by atoms with Crippen LogP contribution in [0.3, 0.4) is 0 Å². The first-order valence-corrected chi connectivity index (χ1v) is 4.59. The van der Waals surface area contributed by atoms with Gasteiger partial charge in [0.25, 0.3) is 0 Å². The van der Waals surface area contributed by atoms with Crippen molar-refractivity contribution in [3.63, 3.8) is 0 Å². The van der Waals surface area contributed by atoms with Gasteiger partial charge in [0.2, 0.25) is 0 Å². The maximum absolute atomic E-state index is 2.18. The maximum atomic E-state index is 2.18. The van der Waals surface area contributed by atoms with Gasteiger partial charge in [-0.2, -0.15) is 0 Å². The van der Waals surface area contributed by atoms with Gasteiger partial charge in [0.15, 0.2) is 0 Å². The van der Waals surface area contributed by atoms with Gasteiger partial charge in [-0.25, -0.2) is 0 Å². The number of allylic oxidation sites excluding steroid dienone is 4. The summed E-state index contributed by atoms with van der Waals surface area (Å²) >= 11 is 4.36. The molecule has 0 N–H and O–H groups in total. The Morgan fingerprint density at radius 1 is 0.625 bits per heavy atom. The molecule has 0 unspecified atom stereocenters. The minimum Gasteiger partial charge on any atom is -0.0618 e. The Kier molecular flexibility index (Phi) is 8.33. The van der Waals surface area contributed by atoms with E-state index in [1.807, 2.05) is 32.5 Å². The summed E-state index contributed by atoms with van der Waals surface area (Å²) in [5, 5.41) is 0. The van der Waals surface area contributed by atoms with E-state index in [-0.39, 0.29) is 0 Å². The highest BCUT2D eigenvalue weighted by Crippen LogP contribution is 1.87.